The quantitative estimate of drug-likeness (QED) is 0.924. The first kappa shape index (κ1) is 13.6. The molecule has 5 heteroatoms. The van der Waals surface area contributed by atoms with Crippen molar-refractivity contribution >= 4 is 27.3 Å². The molecule has 1 atom stereocenters. The summed E-state index contributed by atoms with van der Waals surface area (Å²) in [6, 6.07) is 4.33. The molecule has 3 nitrogen and oxygen atoms in total. The van der Waals surface area contributed by atoms with Gasteiger partial charge in [-0.05, 0) is 48.5 Å². The molecule has 0 bridgehead atoms. The Kier molecular flexibility index (Phi) is 4.48. The van der Waals surface area contributed by atoms with Gasteiger partial charge in [-0.2, -0.15) is 0 Å². The Morgan fingerprint density at radius 3 is 2.83 bits per heavy atom. The van der Waals surface area contributed by atoms with Crippen LogP contribution in [0.5, 0.6) is 0 Å². The summed E-state index contributed by atoms with van der Waals surface area (Å²) >= 11 is 5.11. The summed E-state index contributed by atoms with van der Waals surface area (Å²) in [5.74, 6) is 0. The van der Waals surface area contributed by atoms with E-state index in [1.54, 1.807) is 17.5 Å². The molecule has 2 aromatic rings. The third-order valence-corrected chi connectivity index (χ3v) is 4.51. The van der Waals surface area contributed by atoms with E-state index in [9.17, 15) is 0 Å². The van der Waals surface area contributed by atoms with Gasteiger partial charge in [0.1, 0.15) is 5.01 Å². The molecule has 0 aliphatic heterocycles. The lowest BCUT2D eigenvalue weighted by molar-refractivity contribution is 0.603. The fourth-order valence-electron chi connectivity index (χ4n) is 1.82. The molecule has 2 aromatic heterocycles. The van der Waals surface area contributed by atoms with Crippen LogP contribution in [0.1, 0.15) is 30.5 Å². The van der Waals surface area contributed by atoms with Crippen LogP contribution in [0.3, 0.4) is 0 Å². The highest BCUT2D eigenvalue weighted by atomic mass is 79.9. The van der Waals surface area contributed by atoms with E-state index in [0.717, 1.165) is 27.4 Å². The van der Waals surface area contributed by atoms with Crippen LogP contribution in [0, 0.1) is 6.92 Å². The van der Waals surface area contributed by atoms with E-state index < -0.39 is 0 Å². The van der Waals surface area contributed by atoms with Crippen LogP contribution in [-0.2, 0) is 0 Å². The van der Waals surface area contributed by atoms with Gasteiger partial charge in [0, 0.05) is 21.6 Å². The van der Waals surface area contributed by atoms with Crippen LogP contribution in [0.4, 0.5) is 0 Å². The van der Waals surface area contributed by atoms with Gasteiger partial charge in [0.15, 0.2) is 0 Å². The van der Waals surface area contributed by atoms with Crippen molar-refractivity contribution in [1.29, 1.82) is 0 Å². The number of halogens is 1. The van der Waals surface area contributed by atoms with Gasteiger partial charge >= 0.3 is 0 Å². The van der Waals surface area contributed by atoms with E-state index in [2.05, 4.69) is 52.0 Å². The fourth-order valence-corrected chi connectivity index (χ4v) is 3.12. The number of aromatic nitrogens is 2. The van der Waals surface area contributed by atoms with Crippen molar-refractivity contribution in [2.45, 2.75) is 26.8 Å². The normalized spacial score (nSPS) is 12.7. The zero-order valence-electron chi connectivity index (χ0n) is 10.7. The van der Waals surface area contributed by atoms with E-state index >= 15 is 0 Å². The van der Waals surface area contributed by atoms with Crippen molar-refractivity contribution in [2.24, 2.45) is 0 Å². The van der Waals surface area contributed by atoms with Gasteiger partial charge in [-0.25, -0.2) is 4.98 Å². The molecule has 1 N–H and O–H groups in total. The van der Waals surface area contributed by atoms with Crippen molar-refractivity contribution in [2.75, 3.05) is 6.54 Å². The van der Waals surface area contributed by atoms with Crippen LogP contribution < -0.4 is 5.32 Å². The summed E-state index contributed by atoms with van der Waals surface area (Å²) in [7, 11) is 0. The van der Waals surface area contributed by atoms with Crippen molar-refractivity contribution in [3.63, 3.8) is 0 Å². The number of pyridine rings is 1. The molecule has 96 valence electrons. The van der Waals surface area contributed by atoms with Crippen molar-refractivity contribution in [3.05, 3.63) is 33.4 Å². The largest absolute Gasteiger partial charge is 0.310 e. The number of hydrogen-bond donors (Lipinski definition) is 1. The summed E-state index contributed by atoms with van der Waals surface area (Å²) in [5.41, 5.74) is 2.02. The minimum absolute atomic E-state index is 0.344. The molecule has 2 heterocycles. The maximum atomic E-state index is 4.61. The summed E-state index contributed by atoms with van der Waals surface area (Å²) in [5, 5.41) is 4.40. The van der Waals surface area contributed by atoms with E-state index in [4.69, 9.17) is 0 Å². The molecule has 1 unspecified atom stereocenters. The van der Waals surface area contributed by atoms with Crippen LogP contribution in [0.15, 0.2) is 22.8 Å². The lowest BCUT2D eigenvalue weighted by Crippen LogP contribution is -2.17. The Labute approximate surface area is 120 Å². The lowest BCUT2D eigenvalue weighted by Gasteiger charge is -2.09. The minimum Gasteiger partial charge on any atom is -0.310 e. The Bertz CT molecular complexity index is 522. The van der Waals surface area contributed by atoms with Gasteiger partial charge in [0.25, 0.3) is 0 Å². The first-order chi connectivity index (χ1) is 8.61. The molecule has 0 saturated heterocycles. The number of rotatable bonds is 4. The molecule has 0 saturated carbocycles. The summed E-state index contributed by atoms with van der Waals surface area (Å²) in [6.45, 7) is 7.30. The third kappa shape index (κ3) is 2.96. The number of hydrogen-bond acceptors (Lipinski definition) is 4. The first-order valence-corrected chi connectivity index (χ1v) is 7.55. The third-order valence-electron chi connectivity index (χ3n) is 2.68. The molecule has 0 aliphatic rings. The second-order valence-corrected chi connectivity index (χ2v) is 6.06. The average Bonchev–Trinajstić information content (AvgIpc) is 2.72. The molecule has 2 rings (SSSR count). The molecule has 0 fully saturated rings. The number of nitrogens with zero attached hydrogens (tertiary/aromatic N) is 2. The average molecular weight is 326 g/mol. The predicted octanol–water partition coefficient (Wildman–Crippen LogP) is 3.95. The Morgan fingerprint density at radius 2 is 2.22 bits per heavy atom. The summed E-state index contributed by atoms with van der Waals surface area (Å²) in [4.78, 5) is 10.3. The molecule has 0 radical (unpaired) electrons. The van der Waals surface area contributed by atoms with Gasteiger partial charge in [-0.1, -0.05) is 6.92 Å². The fraction of sp³-hybridized carbons (Fsp3) is 0.385. The van der Waals surface area contributed by atoms with E-state index in [0.29, 0.717) is 6.04 Å². The standard InChI is InChI=1S/C13H16BrN3S/c1-4-15-8(2)12-9(3)17-13(18-12)11-6-5-10(14)7-16-11/h5-8,15H,4H2,1-3H3. The highest BCUT2D eigenvalue weighted by Crippen LogP contribution is 2.30. The van der Waals surface area contributed by atoms with Gasteiger partial charge in [0.2, 0.25) is 0 Å². The summed E-state index contributed by atoms with van der Waals surface area (Å²) < 4.78 is 0.987. The van der Waals surface area contributed by atoms with Gasteiger partial charge in [0.05, 0.1) is 11.4 Å². The monoisotopic (exact) mass is 325 g/mol. The molecular formula is C13H16BrN3S. The topological polar surface area (TPSA) is 37.8 Å². The molecule has 0 aliphatic carbocycles. The Hall–Kier alpha value is -0.780. The SMILES string of the molecule is CCNC(C)c1sc(-c2ccc(Br)cn2)nc1C. The predicted molar refractivity (Wildman–Crippen MR) is 79.9 cm³/mol. The number of aryl methyl sites for hydroxylation is 1. The van der Waals surface area contributed by atoms with E-state index in [1.165, 1.54) is 4.88 Å². The van der Waals surface area contributed by atoms with Crippen molar-refractivity contribution < 1.29 is 0 Å². The molecule has 18 heavy (non-hydrogen) atoms. The van der Waals surface area contributed by atoms with Gasteiger partial charge < -0.3 is 5.32 Å². The van der Waals surface area contributed by atoms with Gasteiger partial charge in [-0.3, -0.25) is 4.98 Å². The van der Waals surface area contributed by atoms with Gasteiger partial charge in [-0.15, -0.1) is 11.3 Å². The lowest BCUT2D eigenvalue weighted by atomic mass is 10.2. The molecule has 0 amide bonds. The molecular weight excluding hydrogens is 310 g/mol. The Morgan fingerprint density at radius 1 is 1.44 bits per heavy atom. The Balaban J connectivity index is 2.30. The van der Waals surface area contributed by atoms with Crippen molar-refractivity contribution in [1.82, 2.24) is 15.3 Å². The highest BCUT2D eigenvalue weighted by molar-refractivity contribution is 9.10. The maximum Gasteiger partial charge on any atom is 0.142 e. The van der Waals surface area contributed by atoms with Crippen molar-refractivity contribution in [3.8, 4) is 10.7 Å². The van der Waals surface area contributed by atoms with Crippen LogP contribution in [0.2, 0.25) is 0 Å². The van der Waals surface area contributed by atoms with Crippen LogP contribution >= 0.6 is 27.3 Å². The maximum absolute atomic E-state index is 4.61. The second-order valence-electron chi connectivity index (χ2n) is 4.11. The molecule has 0 aromatic carbocycles. The first-order valence-electron chi connectivity index (χ1n) is 5.94. The number of thiazole rings is 1. The smallest absolute Gasteiger partial charge is 0.142 e. The van der Waals surface area contributed by atoms with Crippen LogP contribution in [-0.4, -0.2) is 16.5 Å². The van der Waals surface area contributed by atoms with E-state index in [-0.39, 0.29) is 0 Å². The second kappa shape index (κ2) is 5.91. The summed E-state index contributed by atoms with van der Waals surface area (Å²) in [6.07, 6.45) is 1.81. The minimum atomic E-state index is 0.344. The number of nitrogens with one attached hydrogen (secondary N) is 1. The molecule has 0 spiro atoms. The van der Waals surface area contributed by atoms with E-state index in [1.807, 2.05) is 12.1 Å². The van der Waals surface area contributed by atoms with Crippen LogP contribution in [0.25, 0.3) is 10.7 Å². The zero-order chi connectivity index (χ0) is 13.1. The zero-order valence-corrected chi connectivity index (χ0v) is 13.1. The highest BCUT2D eigenvalue weighted by Gasteiger charge is 2.14.